The fraction of sp³-hybridized carbons (Fsp3) is 0.667. The summed E-state index contributed by atoms with van der Waals surface area (Å²) in [4.78, 5) is 10.6. The van der Waals surface area contributed by atoms with Crippen LogP contribution in [0, 0.1) is 10.1 Å². The normalized spacial score (nSPS) is 23.6. The monoisotopic (exact) mass is 404 g/mol. The number of halogens is 2. The molecule has 2 N–H and O–H groups in total. The summed E-state index contributed by atoms with van der Waals surface area (Å²) in [5.41, 5.74) is -2.45. The molecule has 0 amide bonds. The molecule has 1 aromatic rings. The molecule has 0 aromatic heterocycles. The third-order valence-corrected chi connectivity index (χ3v) is 6.82. The van der Waals surface area contributed by atoms with Crippen molar-refractivity contribution in [3.8, 4) is 0 Å². The summed E-state index contributed by atoms with van der Waals surface area (Å²) >= 11 is 0. The Bertz CT molecular complexity index is 777. The topological polar surface area (TPSA) is 92.5 Å². The van der Waals surface area contributed by atoms with E-state index in [9.17, 15) is 19.4 Å². The Morgan fingerprint density at radius 3 is 2.33 bits per heavy atom. The number of nitro benzene ring substituents is 1. The first-order chi connectivity index (χ1) is 12.2. The van der Waals surface area contributed by atoms with Gasteiger partial charge in [0.15, 0.2) is 0 Å². The second-order valence-corrected chi connectivity index (χ2v) is 10.6. The van der Waals surface area contributed by atoms with Crippen LogP contribution in [0.15, 0.2) is 18.2 Å². The van der Waals surface area contributed by atoms with Gasteiger partial charge in [-0.05, 0) is 50.2 Å². The molecule has 0 heterocycles. The molecule has 0 aliphatic heterocycles. The van der Waals surface area contributed by atoms with Gasteiger partial charge in [0.2, 0.25) is 0 Å². The van der Waals surface area contributed by atoms with Crippen molar-refractivity contribution in [2.75, 3.05) is 6.61 Å². The maximum Gasteiger partial charge on any atom is 0.293 e. The number of hydrogen-bond donors (Lipinski definition) is 2. The van der Waals surface area contributed by atoms with E-state index in [0.29, 0.717) is 12.0 Å². The summed E-state index contributed by atoms with van der Waals surface area (Å²) in [6.45, 7) is 7.20. The number of nitrogens with zero attached hydrogens (tertiary/aromatic N) is 1. The summed E-state index contributed by atoms with van der Waals surface area (Å²) in [6, 6.07) is 3.89. The number of non-ortho nitro benzene ring substituents is 1. The van der Waals surface area contributed by atoms with Gasteiger partial charge in [0, 0.05) is 12.1 Å². The zero-order valence-electron chi connectivity index (χ0n) is 16.1. The van der Waals surface area contributed by atoms with E-state index in [1.165, 1.54) is 12.1 Å². The van der Waals surface area contributed by atoms with Crippen LogP contribution in [0.3, 0.4) is 0 Å². The number of benzene rings is 1. The van der Waals surface area contributed by atoms with Crippen molar-refractivity contribution in [1.29, 1.82) is 0 Å². The first-order valence-corrected chi connectivity index (χ1v) is 9.81. The summed E-state index contributed by atoms with van der Waals surface area (Å²) in [5, 5.41) is 20.7. The highest BCUT2D eigenvalue weighted by Gasteiger charge is 2.59. The van der Waals surface area contributed by atoms with E-state index >= 15 is 8.78 Å². The van der Waals surface area contributed by atoms with Crippen molar-refractivity contribution in [2.24, 2.45) is 0 Å². The molecular formula is C18H26F2N2O4S. The van der Waals surface area contributed by atoms with Crippen molar-refractivity contribution < 1.29 is 23.0 Å². The predicted octanol–water partition coefficient (Wildman–Crippen LogP) is 3.54. The average Bonchev–Trinajstić information content (AvgIpc) is 2.56. The minimum Gasteiger partial charge on any atom is -0.390 e. The molecule has 1 aliphatic rings. The summed E-state index contributed by atoms with van der Waals surface area (Å²) < 4.78 is 44.6. The Balaban J connectivity index is 2.80. The maximum absolute atomic E-state index is 15.1. The van der Waals surface area contributed by atoms with Crippen LogP contribution in [0.25, 0.3) is 0 Å². The van der Waals surface area contributed by atoms with Crippen LogP contribution in [0.5, 0.6) is 0 Å². The van der Waals surface area contributed by atoms with Gasteiger partial charge in [-0.3, -0.25) is 10.1 Å². The Morgan fingerprint density at radius 1 is 1.26 bits per heavy atom. The fourth-order valence-electron chi connectivity index (χ4n) is 3.37. The second kappa shape index (κ2) is 6.86. The van der Waals surface area contributed by atoms with Crippen LogP contribution in [-0.2, 0) is 21.9 Å². The van der Waals surface area contributed by atoms with E-state index in [-0.39, 0.29) is 17.7 Å². The predicted molar refractivity (Wildman–Crippen MR) is 100 cm³/mol. The van der Waals surface area contributed by atoms with Gasteiger partial charge in [0.05, 0.1) is 20.7 Å². The van der Waals surface area contributed by atoms with Crippen molar-refractivity contribution in [1.82, 2.24) is 4.72 Å². The van der Waals surface area contributed by atoms with E-state index in [0.717, 1.165) is 6.07 Å². The lowest BCUT2D eigenvalue weighted by atomic mass is 9.63. The summed E-state index contributed by atoms with van der Waals surface area (Å²) in [7, 11) is -1.88. The number of nitrogens with one attached hydrogen (secondary N) is 1. The van der Waals surface area contributed by atoms with Gasteiger partial charge in [-0.1, -0.05) is 19.9 Å². The summed E-state index contributed by atoms with van der Waals surface area (Å²) in [5.74, 6) is -3.67. The standard InChI is InChI=1S/C18H26F2N2O4S/c1-15(2,3)27(26)21-17(18(19,20)11-23)9-8-16(4,5)13-7-6-12(22(24)25)10-14(13)17/h6-7,10,21,23H,8-9,11H2,1-5H3/t17-,27-/m1/s1. The van der Waals surface area contributed by atoms with E-state index in [1.54, 1.807) is 20.8 Å². The highest BCUT2D eigenvalue weighted by atomic mass is 32.2. The summed E-state index contributed by atoms with van der Waals surface area (Å²) in [6.07, 6.45) is 0.214. The molecule has 0 bridgehead atoms. The van der Waals surface area contributed by atoms with Gasteiger partial charge in [-0.2, -0.15) is 0 Å². The average molecular weight is 404 g/mol. The van der Waals surface area contributed by atoms with Gasteiger partial charge in [0.1, 0.15) is 12.1 Å². The van der Waals surface area contributed by atoms with Crippen LogP contribution >= 0.6 is 0 Å². The van der Waals surface area contributed by atoms with Gasteiger partial charge in [-0.15, -0.1) is 0 Å². The molecule has 0 unspecified atom stereocenters. The smallest absolute Gasteiger partial charge is 0.293 e. The first-order valence-electron chi connectivity index (χ1n) is 8.66. The SMILES string of the molecule is CC1(C)CC[C@](N[S@](=O)C(C)(C)C)(C(F)(F)CO)c2cc([N+](=O)[O-])ccc21. The van der Waals surface area contributed by atoms with E-state index in [4.69, 9.17) is 0 Å². The third-order valence-electron chi connectivity index (χ3n) is 5.17. The number of aliphatic hydroxyl groups is 1. The largest absolute Gasteiger partial charge is 0.390 e. The highest BCUT2D eigenvalue weighted by Crippen LogP contribution is 2.52. The Hall–Kier alpha value is -1.45. The highest BCUT2D eigenvalue weighted by molar-refractivity contribution is 7.84. The van der Waals surface area contributed by atoms with E-state index < -0.39 is 44.1 Å². The van der Waals surface area contributed by atoms with Gasteiger partial charge in [0.25, 0.3) is 11.6 Å². The molecule has 0 saturated heterocycles. The number of nitro groups is 1. The van der Waals surface area contributed by atoms with Crippen molar-refractivity contribution in [2.45, 2.75) is 69.1 Å². The first kappa shape index (κ1) is 21.8. The van der Waals surface area contributed by atoms with Crippen LogP contribution in [0.2, 0.25) is 0 Å². The molecule has 0 fully saturated rings. The lowest BCUT2D eigenvalue weighted by molar-refractivity contribution is -0.385. The zero-order valence-corrected chi connectivity index (χ0v) is 17.0. The van der Waals surface area contributed by atoms with E-state index in [2.05, 4.69) is 4.72 Å². The van der Waals surface area contributed by atoms with Gasteiger partial charge >= 0.3 is 0 Å². The van der Waals surface area contributed by atoms with Crippen molar-refractivity contribution in [3.05, 3.63) is 39.4 Å². The lowest BCUT2D eigenvalue weighted by Gasteiger charge is -2.49. The fourth-order valence-corrected chi connectivity index (χ4v) is 4.35. The minimum absolute atomic E-state index is 0.0181. The molecule has 0 spiro atoms. The minimum atomic E-state index is -3.67. The molecule has 1 aliphatic carbocycles. The maximum atomic E-state index is 15.1. The van der Waals surface area contributed by atoms with Crippen LogP contribution in [-0.4, -0.2) is 31.5 Å². The van der Waals surface area contributed by atoms with Gasteiger partial charge in [-0.25, -0.2) is 17.7 Å². The number of aliphatic hydroxyl groups excluding tert-OH is 1. The van der Waals surface area contributed by atoms with Crippen LogP contribution in [0.1, 0.15) is 58.6 Å². The van der Waals surface area contributed by atoms with Crippen molar-refractivity contribution >= 4 is 16.7 Å². The molecule has 2 rings (SSSR count). The van der Waals surface area contributed by atoms with E-state index in [1.807, 2.05) is 13.8 Å². The Morgan fingerprint density at radius 2 is 1.85 bits per heavy atom. The quantitative estimate of drug-likeness (QED) is 0.580. The van der Waals surface area contributed by atoms with Crippen LogP contribution in [0.4, 0.5) is 14.5 Å². The molecule has 152 valence electrons. The third kappa shape index (κ3) is 3.77. The number of hydrogen-bond acceptors (Lipinski definition) is 4. The molecule has 9 heteroatoms. The van der Waals surface area contributed by atoms with Crippen LogP contribution < -0.4 is 4.72 Å². The van der Waals surface area contributed by atoms with Gasteiger partial charge < -0.3 is 5.11 Å². The number of rotatable bonds is 5. The zero-order chi connectivity index (χ0) is 20.8. The molecular weight excluding hydrogens is 378 g/mol. The Labute approximate surface area is 160 Å². The molecule has 1 aromatic carbocycles. The van der Waals surface area contributed by atoms with Crippen molar-refractivity contribution in [3.63, 3.8) is 0 Å². The lowest BCUT2D eigenvalue weighted by Crippen LogP contribution is -2.62. The molecule has 27 heavy (non-hydrogen) atoms. The molecule has 2 atom stereocenters. The Kier molecular flexibility index (Phi) is 5.55. The molecule has 0 radical (unpaired) electrons. The number of alkyl halides is 2. The second-order valence-electron chi connectivity index (χ2n) is 8.62. The number of fused-ring (bicyclic) bond motifs is 1. The molecule has 6 nitrogen and oxygen atoms in total. The molecule has 0 saturated carbocycles.